The van der Waals surface area contributed by atoms with E-state index in [2.05, 4.69) is 11.9 Å². The Morgan fingerprint density at radius 3 is 2.79 bits per heavy atom. The van der Waals surface area contributed by atoms with Crippen molar-refractivity contribution in [3.05, 3.63) is 43.0 Å². The van der Waals surface area contributed by atoms with Gasteiger partial charge in [0.1, 0.15) is 5.75 Å². The maximum atomic E-state index is 11.1. The van der Waals surface area contributed by atoms with Crippen molar-refractivity contribution in [1.82, 2.24) is 5.32 Å². The maximum Gasteiger partial charge on any atom is 0.412 e. The highest BCUT2D eigenvalue weighted by Gasteiger charge is 2.00. The van der Waals surface area contributed by atoms with Crippen molar-refractivity contribution in [1.29, 1.82) is 0 Å². The van der Waals surface area contributed by atoms with E-state index in [1.165, 1.54) is 0 Å². The molecule has 1 amide bonds. The Morgan fingerprint density at radius 1 is 1.43 bits per heavy atom. The fourth-order valence-electron chi connectivity index (χ4n) is 0.908. The van der Waals surface area contributed by atoms with Crippen LogP contribution in [0.5, 0.6) is 5.75 Å². The molecule has 1 aromatic rings. The van der Waals surface area contributed by atoms with E-state index in [-0.39, 0.29) is 0 Å². The highest BCUT2D eigenvalue weighted by Crippen LogP contribution is 2.07. The third kappa shape index (κ3) is 3.76. The Balaban J connectivity index is 2.31. The summed E-state index contributed by atoms with van der Waals surface area (Å²) in [7, 11) is 0. The second kappa shape index (κ2) is 5.80. The minimum atomic E-state index is -0.432. The molecule has 0 saturated heterocycles. The normalized spacial score (nSPS) is 9.14. The zero-order valence-corrected chi connectivity index (χ0v) is 7.90. The average molecular weight is 191 g/mol. The van der Waals surface area contributed by atoms with Gasteiger partial charge in [0.15, 0.2) is 0 Å². The SMILES string of the molecule is C=CCCNC(=O)Oc1ccccc1. The highest BCUT2D eigenvalue weighted by molar-refractivity contribution is 5.70. The van der Waals surface area contributed by atoms with Gasteiger partial charge < -0.3 is 10.1 Å². The summed E-state index contributed by atoms with van der Waals surface area (Å²) in [5, 5.41) is 2.60. The predicted molar refractivity (Wildman–Crippen MR) is 55.3 cm³/mol. The third-order valence-corrected chi connectivity index (χ3v) is 1.57. The summed E-state index contributed by atoms with van der Waals surface area (Å²) < 4.78 is 4.98. The van der Waals surface area contributed by atoms with Crippen molar-refractivity contribution in [2.75, 3.05) is 6.54 Å². The van der Waals surface area contributed by atoms with Gasteiger partial charge in [-0.25, -0.2) is 4.79 Å². The molecule has 0 radical (unpaired) electrons. The van der Waals surface area contributed by atoms with Crippen LogP contribution in [0.25, 0.3) is 0 Å². The highest BCUT2D eigenvalue weighted by atomic mass is 16.5. The third-order valence-electron chi connectivity index (χ3n) is 1.57. The first-order chi connectivity index (χ1) is 6.83. The minimum Gasteiger partial charge on any atom is -0.410 e. The predicted octanol–water partition coefficient (Wildman–Crippen LogP) is 2.35. The van der Waals surface area contributed by atoms with Crippen molar-refractivity contribution in [2.45, 2.75) is 6.42 Å². The molecule has 0 bridgehead atoms. The number of ether oxygens (including phenoxy) is 1. The maximum absolute atomic E-state index is 11.1. The van der Waals surface area contributed by atoms with Gasteiger partial charge in [0.05, 0.1) is 0 Å². The van der Waals surface area contributed by atoms with Gasteiger partial charge >= 0.3 is 6.09 Å². The fraction of sp³-hybridized carbons (Fsp3) is 0.182. The number of hydrogen-bond acceptors (Lipinski definition) is 2. The van der Waals surface area contributed by atoms with Gasteiger partial charge in [0, 0.05) is 6.54 Å². The Bertz CT molecular complexity index is 295. The van der Waals surface area contributed by atoms with Gasteiger partial charge in [-0.15, -0.1) is 6.58 Å². The number of carbonyl (C=O) groups excluding carboxylic acids is 1. The molecular formula is C11H13NO2. The molecule has 0 heterocycles. The van der Waals surface area contributed by atoms with Crippen molar-refractivity contribution in [2.24, 2.45) is 0 Å². The molecule has 0 aliphatic heterocycles. The monoisotopic (exact) mass is 191 g/mol. The largest absolute Gasteiger partial charge is 0.412 e. The standard InChI is InChI=1S/C11H13NO2/c1-2-3-9-12-11(13)14-10-7-5-4-6-8-10/h2,4-8H,1,3,9H2,(H,12,13). The quantitative estimate of drug-likeness (QED) is 0.586. The molecule has 1 rings (SSSR count). The van der Waals surface area contributed by atoms with Crippen LogP contribution >= 0.6 is 0 Å². The molecular weight excluding hydrogens is 178 g/mol. The molecule has 3 heteroatoms. The Morgan fingerprint density at radius 2 is 2.14 bits per heavy atom. The summed E-state index contributed by atoms with van der Waals surface area (Å²) in [5.41, 5.74) is 0. The van der Waals surface area contributed by atoms with Gasteiger partial charge in [-0.2, -0.15) is 0 Å². The molecule has 0 aromatic heterocycles. The van der Waals surface area contributed by atoms with Crippen molar-refractivity contribution in [3.8, 4) is 5.75 Å². The van der Waals surface area contributed by atoms with Crippen LogP contribution in [0.1, 0.15) is 6.42 Å². The Labute approximate surface area is 83.4 Å². The number of nitrogens with one attached hydrogen (secondary N) is 1. The zero-order chi connectivity index (χ0) is 10.2. The Hall–Kier alpha value is -1.77. The Kier molecular flexibility index (Phi) is 4.27. The van der Waals surface area contributed by atoms with Gasteiger partial charge in [-0.1, -0.05) is 24.3 Å². The first-order valence-corrected chi connectivity index (χ1v) is 4.44. The minimum absolute atomic E-state index is 0.432. The number of para-hydroxylation sites is 1. The van der Waals surface area contributed by atoms with E-state index in [4.69, 9.17) is 4.74 Å². The summed E-state index contributed by atoms with van der Waals surface area (Å²) >= 11 is 0. The molecule has 14 heavy (non-hydrogen) atoms. The van der Waals surface area contributed by atoms with Crippen LogP contribution in [0, 0.1) is 0 Å². The molecule has 74 valence electrons. The topological polar surface area (TPSA) is 38.3 Å². The van der Waals surface area contributed by atoms with Gasteiger partial charge in [0.25, 0.3) is 0 Å². The average Bonchev–Trinajstić information content (AvgIpc) is 2.20. The lowest BCUT2D eigenvalue weighted by Gasteiger charge is -2.04. The van der Waals surface area contributed by atoms with E-state index >= 15 is 0 Å². The van der Waals surface area contributed by atoms with Crippen LogP contribution in [-0.4, -0.2) is 12.6 Å². The molecule has 0 aliphatic carbocycles. The number of hydrogen-bond donors (Lipinski definition) is 1. The van der Waals surface area contributed by atoms with E-state index in [0.717, 1.165) is 6.42 Å². The summed E-state index contributed by atoms with van der Waals surface area (Å²) in [6, 6.07) is 8.95. The molecule has 1 N–H and O–H groups in total. The molecule has 0 saturated carbocycles. The van der Waals surface area contributed by atoms with Crippen LogP contribution in [0.4, 0.5) is 4.79 Å². The molecule has 0 fully saturated rings. The lowest BCUT2D eigenvalue weighted by Crippen LogP contribution is -2.27. The van der Waals surface area contributed by atoms with Crippen molar-refractivity contribution < 1.29 is 9.53 Å². The lowest BCUT2D eigenvalue weighted by atomic mass is 10.3. The number of benzene rings is 1. The molecule has 1 aromatic carbocycles. The van der Waals surface area contributed by atoms with Gasteiger partial charge in [0.2, 0.25) is 0 Å². The molecule has 0 spiro atoms. The van der Waals surface area contributed by atoms with Gasteiger partial charge in [-0.05, 0) is 18.6 Å². The molecule has 0 aliphatic rings. The van der Waals surface area contributed by atoms with Crippen LogP contribution in [0.15, 0.2) is 43.0 Å². The van der Waals surface area contributed by atoms with E-state index in [1.54, 1.807) is 18.2 Å². The first-order valence-electron chi connectivity index (χ1n) is 4.44. The van der Waals surface area contributed by atoms with Crippen molar-refractivity contribution >= 4 is 6.09 Å². The lowest BCUT2D eigenvalue weighted by molar-refractivity contribution is 0.200. The smallest absolute Gasteiger partial charge is 0.410 e. The van der Waals surface area contributed by atoms with Crippen LogP contribution in [0.3, 0.4) is 0 Å². The van der Waals surface area contributed by atoms with E-state index < -0.39 is 6.09 Å². The van der Waals surface area contributed by atoms with Gasteiger partial charge in [-0.3, -0.25) is 0 Å². The van der Waals surface area contributed by atoms with Crippen LogP contribution in [0.2, 0.25) is 0 Å². The molecule has 0 unspecified atom stereocenters. The number of carbonyl (C=O) groups is 1. The van der Waals surface area contributed by atoms with Crippen LogP contribution in [-0.2, 0) is 0 Å². The van der Waals surface area contributed by atoms with Crippen LogP contribution < -0.4 is 10.1 Å². The summed E-state index contributed by atoms with van der Waals surface area (Å²) in [6.07, 6.45) is 2.05. The second-order valence-electron chi connectivity index (χ2n) is 2.71. The molecule has 0 atom stereocenters. The van der Waals surface area contributed by atoms with Crippen molar-refractivity contribution in [3.63, 3.8) is 0 Å². The van der Waals surface area contributed by atoms with E-state index in [9.17, 15) is 4.79 Å². The first kappa shape index (κ1) is 10.3. The summed E-state index contributed by atoms with van der Waals surface area (Å²) in [4.78, 5) is 11.1. The van der Waals surface area contributed by atoms with E-state index in [0.29, 0.717) is 12.3 Å². The number of amides is 1. The van der Waals surface area contributed by atoms with E-state index in [1.807, 2.05) is 18.2 Å². The second-order valence-corrected chi connectivity index (χ2v) is 2.71. The fourth-order valence-corrected chi connectivity index (χ4v) is 0.908. The summed E-state index contributed by atoms with van der Waals surface area (Å²) in [6.45, 7) is 4.10. The zero-order valence-electron chi connectivity index (χ0n) is 7.90. The number of rotatable bonds is 4. The summed E-state index contributed by atoms with van der Waals surface area (Å²) in [5.74, 6) is 0.545. The molecule has 3 nitrogen and oxygen atoms in total.